The molecule has 0 spiro atoms. The zero-order valence-corrected chi connectivity index (χ0v) is 18.2. The van der Waals surface area contributed by atoms with E-state index in [2.05, 4.69) is 5.10 Å². The summed E-state index contributed by atoms with van der Waals surface area (Å²) in [6, 6.07) is 1.50. The van der Waals surface area contributed by atoms with Gasteiger partial charge in [-0.15, -0.1) is 0 Å². The van der Waals surface area contributed by atoms with Crippen molar-refractivity contribution < 1.29 is 23.5 Å². The van der Waals surface area contributed by atoms with Crippen LogP contribution in [0.1, 0.15) is 49.7 Å². The Labute approximate surface area is 183 Å². The van der Waals surface area contributed by atoms with Crippen LogP contribution in [0.15, 0.2) is 16.9 Å². The molecule has 0 saturated carbocycles. The smallest absolute Gasteiger partial charge is 0.291 e. The van der Waals surface area contributed by atoms with Gasteiger partial charge in [-0.2, -0.15) is 9.61 Å². The van der Waals surface area contributed by atoms with Gasteiger partial charge >= 0.3 is 0 Å². The van der Waals surface area contributed by atoms with Crippen LogP contribution in [0.3, 0.4) is 0 Å². The fourth-order valence-electron chi connectivity index (χ4n) is 3.89. The Hall–Kier alpha value is -3.24. The maximum Gasteiger partial charge on any atom is 0.291 e. The Morgan fingerprint density at radius 1 is 1.34 bits per heavy atom. The van der Waals surface area contributed by atoms with Gasteiger partial charge in [-0.3, -0.25) is 19.0 Å². The van der Waals surface area contributed by atoms with Crippen molar-refractivity contribution in [3.05, 3.63) is 33.8 Å². The summed E-state index contributed by atoms with van der Waals surface area (Å²) >= 11 is 0. The molecule has 2 aromatic heterocycles. The number of piperidine rings is 1. The largest absolute Gasteiger partial charge is 0.494 e. The molecule has 0 unspecified atom stereocenters. The Balaban J connectivity index is 1.88. The topological polar surface area (TPSA) is 123 Å². The number of carbonyl (C=O) groups excluding carboxylic acids is 2. The summed E-state index contributed by atoms with van der Waals surface area (Å²) < 4.78 is 29.2. The van der Waals surface area contributed by atoms with Crippen molar-refractivity contribution in [2.75, 3.05) is 13.1 Å². The van der Waals surface area contributed by atoms with E-state index in [9.17, 15) is 28.3 Å². The first kappa shape index (κ1) is 23.4. The van der Waals surface area contributed by atoms with Gasteiger partial charge in [0, 0.05) is 37.7 Å². The van der Waals surface area contributed by atoms with Crippen molar-refractivity contribution in [2.24, 2.45) is 17.6 Å². The minimum Gasteiger partial charge on any atom is -0.494 e. The van der Waals surface area contributed by atoms with Crippen LogP contribution in [0.4, 0.5) is 8.78 Å². The lowest BCUT2D eigenvalue weighted by molar-refractivity contribution is -0.130. The predicted molar refractivity (Wildman–Crippen MR) is 113 cm³/mol. The van der Waals surface area contributed by atoms with Crippen LogP contribution in [0.2, 0.25) is 0 Å². The van der Waals surface area contributed by atoms with E-state index in [-0.39, 0.29) is 49.1 Å². The molecule has 9 nitrogen and oxygen atoms in total. The number of primary amides is 1. The number of likely N-dealkylation sites (tertiary alicyclic amines) is 1. The number of alkyl halides is 2. The second kappa shape index (κ2) is 8.71. The second-order valence-electron chi connectivity index (χ2n) is 8.60. The lowest BCUT2D eigenvalue weighted by Crippen LogP contribution is -2.41. The standard InChI is InChI=1S/C21H27F2N5O4/c1-12(2)11-27-15-10-14(25-28(15)20(32)17(18(24)30)19(27)31)4-5-16(29)26-8-6-13(7-9-26)21(3,22)23/h4-5,10,12-13,31H,6-9,11H2,1-3H3,(H2,24,30). The van der Waals surface area contributed by atoms with Gasteiger partial charge < -0.3 is 15.7 Å². The van der Waals surface area contributed by atoms with Crippen LogP contribution in [0, 0.1) is 11.8 Å². The van der Waals surface area contributed by atoms with E-state index in [1.807, 2.05) is 13.8 Å². The van der Waals surface area contributed by atoms with Crippen molar-refractivity contribution in [2.45, 2.75) is 46.1 Å². The van der Waals surface area contributed by atoms with Crippen molar-refractivity contribution in [3.63, 3.8) is 0 Å². The molecular formula is C21H27F2N5O4. The Morgan fingerprint density at radius 3 is 2.50 bits per heavy atom. The highest BCUT2D eigenvalue weighted by atomic mass is 19.3. The molecule has 32 heavy (non-hydrogen) atoms. The Kier molecular flexibility index (Phi) is 6.38. The molecule has 11 heteroatoms. The third-order valence-corrected chi connectivity index (χ3v) is 5.59. The number of aromatic nitrogens is 3. The van der Waals surface area contributed by atoms with Crippen molar-refractivity contribution in [1.82, 2.24) is 19.1 Å². The molecule has 174 valence electrons. The van der Waals surface area contributed by atoms with Crippen LogP contribution < -0.4 is 11.3 Å². The number of hydrogen-bond donors (Lipinski definition) is 2. The van der Waals surface area contributed by atoms with Crippen LogP contribution in [0.5, 0.6) is 5.88 Å². The SMILES string of the molecule is CC(C)Cn1c(O)c(C(N)=O)c(=O)n2nc(C=CC(=O)N3CCC(C(C)(F)F)CC3)cc12. The van der Waals surface area contributed by atoms with E-state index in [1.165, 1.54) is 27.7 Å². The van der Waals surface area contributed by atoms with Gasteiger partial charge in [0.25, 0.3) is 11.5 Å². The predicted octanol–water partition coefficient (Wildman–Crippen LogP) is 1.86. The van der Waals surface area contributed by atoms with E-state index >= 15 is 0 Å². The first-order valence-corrected chi connectivity index (χ1v) is 10.4. The molecule has 0 aliphatic carbocycles. The zero-order chi connectivity index (χ0) is 23.8. The second-order valence-corrected chi connectivity index (χ2v) is 8.60. The molecule has 3 N–H and O–H groups in total. The van der Waals surface area contributed by atoms with Gasteiger partial charge in [0.15, 0.2) is 5.56 Å². The van der Waals surface area contributed by atoms with Gasteiger partial charge in [-0.05, 0) is 31.8 Å². The first-order valence-electron chi connectivity index (χ1n) is 10.4. The zero-order valence-electron chi connectivity index (χ0n) is 18.2. The number of nitrogens with two attached hydrogens (primary N) is 1. The number of nitrogens with zero attached hydrogens (tertiary/aromatic N) is 4. The summed E-state index contributed by atoms with van der Waals surface area (Å²) in [5, 5.41) is 14.6. The minimum atomic E-state index is -2.77. The van der Waals surface area contributed by atoms with Gasteiger partial charge in [-0.25, -0.2) is 8.78 Å². The van der Waals surface area contributed by atoms with Gasteiger partial charge in [0.2, 0.25) is 17.7 Å². The molecule has 2 amide bonds. The summed E-state index contributed by atoms with van der Waals surface area (Å²) in [6.45, 7) is 5.45. The van der Waals surface area contributed by atoms with Crippen LogP contribution >= 0.6 is 0 Å². The van der Waals surface area contributed by atoms with E-state index in [0.717, 1.165) is 11.4 Å². The van der Waals surface area contributed by atoms with E-state index in [4.69, 9.17) is 5.73 Å². The Morgan fingerprint density at radius 2 is 1.97 bits per heavy atom. The maximum atomic E-state index is 13.5. The van der Waals surface area contributed by atoms with Gasteiger partial charge in [0.05, 0.1) is 5.69 Å². The van der Waals surface area contributed by atoms with E-state index < -0.39 is 34.8 Å². The number of amides is 2. The molecule has 1 aliphatic heterocycles. The average molecular weight is 451 g/mol. The summed E-state index contributed by atoms with van der Waals surface area (Å²) in [7, 11) is 0. The molecule has 3 rings (SSSR count). The summed E-state index contributed by atoms with van der Waals surface area (Å²) in [6.07, 6.45) is 3.11. The highest BCUT2D eigenvalue weighted by Gasteiger charge is 2.37. The highest BCUT2D eigenvalue weighted by Crippen LogP contribution is 2.32. The van der Waals surface area contributed by atoms with Crippen molar-refractivity contribution >= 4 is 23.5 Å². The molecule has 0 atom stereocenters. The Bertz CT molecular complexity index is 1120. The van der Waals surface area contributed by atoms with Crippen molar-refractivity contribution in [1.29, 1.82) is 0 Å². The fourth-order valence-corrected chi connectivity index (χ4v) is 3.89. The number of carbonyl (C=O) groups is 2. The molecule has 1 fully saturated rings. The molecule has 1 aliphatic rings. The number of halogens is 2. The van der Waals surface area contributed by atoms with Crippen LogP contribution in [0.25, 0.3) is 11.7 Å². The highest BCUT2D eigenvalue weighted by molar-refractivity contribution is 5.95. The molecule has 0 aromatic carbocycles. The third kappa shape index (κ3) is 4.66. The van der Waals surface area contributed by atoms with E-state index in [0.29, 0.717) is 6.54 Å². The quantitative estimate of drug-likeness (QED) is 0.649. The molecule has 1 saturated heterocycles. The summed E-state index contributed by atoms with van der Waals surface area (Å²) in [5.74, 6) is -5.40. The number of rotatable bonds is 6. The number of fused-ring (bicyclic) bond motifs is 1. The number of aromatic hydroxyl groups is 1. The summed E-state index contributed by atoms with van der Waals surface area (Å²) in [4.78, 5) is 38.3. The number of hydrogen-bond acceptors (Lipinski definition) is 5. The first-order chi connectivity index (χ1) is 14.9. The van der Waals surface area contributed by atoms with Crippen molar-refractivity contribution in [3.8, 4) is 5.88 Å². The summed E-state index contributed by atoms with van der Waals surface area (Å²) in [5.41, 5.74) is 4.33. The van der Waals surface area contributed by atoms with Crippen LogP contribution in [-0.2, 0) is 11.3 Å². The third-order valence-electron chi connectivity index (χ3n) is 5.59. The molecule has 3 heterocycles. The molecular weight excluding hydrogens is 424 g/mol. The molecule has 2 aromatic rings. The van der Waals surface area contributed by atoms with Crippen LogP contribution in [-0.4, -0.2) is 55.0 Å². The average Bonchev–Trinajstić information content (AvgIpc) is 3.13. The lowest BCUT2D eigenvalue weighted by atomic mass is 9.91. The maximum absolute atomic E-state index is 13.5. The van der Waals surface area contributed by atoms with Gasteiger partial charge in [0.1, 0.15) is 5.65 Å². The molecule has 0 bridgehead atoms. The molecule has 0 radical (unpaired) electrons. The monoisotopic (exact) mass is 451 g/mol. The van der Waals surface area contributed by atoms with E-state index in [1.54, 1.807) is 0 Å². The van der Waals surface area contributed by atoms with Gasteiger partial charge in [-0.1, -0.05) is 13.8 Å². The minimum absolute atomic E-state index is 0.0711. The fraction of sp³-hybridized carbons (Fsp3) is 0.524. The normalized spacial score (nSPS) is 15.9. The lowest BCUT2D eigenvalue weighted by Gasteiger charge is -2.34.